The highest BCUT2D eigenvalue weighted by Gasteiger charge is 2.25. The van der Waals surface area contributed by atoms with Gasteiger partial charge in [0.15, 0.2) is 5.78 Å². The van der Waals surface area contributed by atoms with Crippen LogP contribution in [0.15, 0.2) is 27.4 Å². The van der Waals surface area contributed by atoms with Crippen LogP contribution in [0.25, 0.3) is 11.0 Å². The number of carbonyl (C=O) groups is 2. The summed E-state index contributed by atoms with van der Waals surface area (Å²) in [5.74, 6) is -0.655. The van der Waals surface area contributed by atoms with E-state index >= 15 is 0 Å². The molecular formula is C22H33N5O4. The number of ketones is 1. The molecule has 9 nitrogen and oxygen atoms in total. The van der Waals surface area contributed by atoms with Crippen LogP contribution in [-0.2, 0) is 4.79 Å². The number of aryl methyl sites for hydroxylation is 1. The molecule has 0 bridgehead atoms. The lowest BCUT2D eigenvalue weighted by atomic mass is 9.97. The lowest BCUT2D eigenvalue weighted by Gasteiger charge is -2.20. The second kappa shape index (κ2) is 11.6. The van der Waals surface area contributed by atoms with Crippen LogP contribution in [0, 0.1) is 6.92 Å². The Morgan fingerprint density at radius 2 is 1.71 bits per heavy atom. The van der Waals surface area contributed by atoms with Crippen LogP contribution >= 0.6 is 0 Å². The Kier molecular flexibility index (Phi) is 9.17. The van der Waals surface area contributed by atoms with E-state index in [9.17, 15) is 14.4 Å². The van der Waals surface area contributed by atoms with Gasteiger partial charge >= 0.3 is 5.63 Å². The number of unbranched alkanes of at least 4 members (excludes halogenated alkanes) is 2. The molecule has 2 aromatic rings. The minimum atomic E-state index is -0.751. The van der Waals surface area contributed by atoms with Gasteiger partial charge in [0.05, 0.1) is 12.1 Å². The van der Waals surface area contributed by atoms with Crippen molar-refractivity contribution < 1.29 is 14.0 Å². The first-order valence-electron chi connectivity index (χ1n) is 10.6. The van der Waals surface area contributed by atoms with E-state index in [1.807, 2.05) is 0 Å². The highest BCUT2D eigenvalue weighted by atomic mass is 16.4. The van der Waals surface area contributed by atoms with Crippen LogP contribution in [0.2, 0.25) is 0 Å². The zero-order valence-electron chi connectivity index (χ0n) is 18.0. The van der Waals surface area contributed by atoms with Crippen molar-refractivity contribution in [3.8, 4) is 0 Å². The molecule has 0 aliphatic heterocycles. The number of benzene rings is 1. The Balaban J connectivity index is 2.24. The van der Waals surface area contributed by atoms with Crippen molar-refractivity contribution in [2.45, 2.75) is 57.5 Å². The summed E-state index contributed by atoms with van der Waals surface area (Å²) in [6, 6.07) is 3.37. The maximum atomic E-state index is 13.2. The van der Waals surface area contributed by atoms with Crippen LogP contribution in [0.3, 0.4) is 0 Å². The van der Waals surface area contributed by atoms with Gasteiger partial charge in [0, 0.05) is 10.9 Å². The first-order chi connectivity index (χ1) is 14.8. The summed E-state index contributed by atoms with van der Waals surface area (Å²) in [5, 5.41) is 3.44. The Labute approximate surface area is 181 Å². The number of Topliss-reactive ketones (excluding diaryl/α,β-unsaturated/α-hetero) is 1. The van der Waals surface area contributed by atoms with Gasteiger partial charge < -0.3 is 32.7 Å². The lowest BCUT2D eigenvalue weighted by molar-refractivity contribution is -0.123. The maximum Gasteiger partial charge on any atom is 0.359 e. The summed E-state index contributed by atoms with van der Waals surface area (Å²) in [6.07, 6.45) is 3.85. The summed E-state index contributed by atoms with van der Waals surface area (Å²) in [7, 11) is 0. The Morgan fingerprint density at radius 1 is 1.06 bits per heavy atom. The molecule has 0 fully saturated rings. The number of rotatable bonds is 12. The molecule has 0 aliphatic rings. The number of nitrogens with two attached hydrogens (primary N) is 4. The quantitative estimate of drug-likeness (QED) is 0.187. The van der Waals surface area contributed by atoms with E-state index in [4.69, 9.17) is 27.4 Å². The molecule has 31 heavy (non-hydrogen) atoms. The summed E-state index contributed by atoms with van der Waals surface area (Å²) >= 11 is 0. The fourth-order valence-electron chi connectivity index (χ4n) is 3.40. The zero-order chi connectivity index (χ0) is 23.0. The van der Waals surface area contributed by atoms with Crippen molar-refractivity contribution in [2.75, 3.05) is 18.8 Å². The average molecular weight is 432 g/mol. The van der Waals surface area contributed by atoms with Crippen molar-refractivity contribution in [3.05, 3.63) is 39.7 Å². The molecule has 0 unspecified atom stereocenters. The van der Waals surface area contributed by atoms with E-state index in [2.05, 4.69) is 5.32 Å². The number of nitrogen functional groups attached to an aromatic ring is 1. The van der Waals surface area contributed by atoms with Gasteiger partial charge in [-0.2, -0.15) is 0 Å². The molecule has 9 heteroatoms. The van der Waals surface area contributed by atoms with Crippen LogP contribution < -0.4 is 33.9 Å². The van der Waals surface area contributed by atoms with Crippen molar-refractivity contribution in [3.63, 3.8) is 0 Å². The van der Waals surface area contributed by atoms with E-state index in [0.29, 0.717) is 48.9 Å². The second-order valence-corrected chi connectivity index (χ2v) is 7.74. The largest absolute Gasteiger partial charge is 0.421 e. The minimum absolute atomic E-state index is 0.0436. The smallest absolute Gasteiger partial charge is 0.359 e. The number of hydrogen-bond acceptors (Lipinski definition) is 8. The van der Waals surface area contributed by atoms with Gasteiger partial charge in [0.25, 0.3) is 0 Å². The van der Waals surface area contributed by atoms with Gasteiger partial charge in [0.1, 0.15) is 11.3 Å². The van der Waals surface area contributed by atoms with Gasteiger partial charge in [0.2, 0.25) is 5.91 Å². The van der Waals surface area contributed by atoms with Crippen molar-refractivity contribution in [2.24, 2.45) is 17.2 Å². The van der Waals surface area contributed by atoms with Crippen molar-refractivity contribution in [1.29, 1.82) is 0 Å². The molecule has 0 aliphatic carbocycles. The third-order valence-electron chi connectivity index (χ3n) is 5.38. The van der Waals surface area contributed by atoms with Gasteiger partial charge in [-0.05, 0) is 63.7 Å². The molecule has 0 radical (unpaired) electrons. The normalized spacial score (nSPS) is 13.2. The number of nitrogens with one attached hydrogen (secondary N) is 1. The number of amides is 1. The molecule has 2 atom stereocenters. The van der Waals surface area contributed by atoms with Gasteiger partial charge in [-0.15, -0.1) is 0 Å². The Morgan fingerprint density at radius 3 is 2.35 bits per heavy atom. The number of fused-ring (bicyclic) bond motifs is 1. The predicted octanol–water partition coefficient (Wildman–Crippen LogP) is 0.936. The summed E-state index contributed by atoms with van der Waals surface area (Å²) in [4.78, 5) is 37.6. The van der Waals surface area contributed by atoms with Crippen LogP contribution in [0.1, 0.15) is 54.4 Å². The molecule has 1 amide bonds. The highest BCUT2D eigenvalue weighted by molar-refractivity contribution is 6.04. The molecule has 1 aromatic carbocycles. The predicted molar refractivity (Wildman–Crippen MR) is 122 cm³/mol. The number of carbonyl (C=O) groups excluding carboxylic acids is 2. The molecular weight excluding hydrogens is 398 g/mol. The molecule has 1 heterocycles. The van der Waals surface area contributed by atoms with Crippen molar-refractivity contribution in [1.82, 2.24) is 5.32 Å². The summed E-state index contributed by atoms with van der Waals surface area (Å²) in [6.45, 7) is 2.75. The SMILES string of the molecule is Cc1c(N)c(=O)oc2cc(C(=O)[C@H](CCCCN)NC(=O)[C@@H](N)CCCCN)ccc12. The molecule has 1 aromatic heterocycles. The van der Waals surface area contributed by atoms with Crippen LogP contribution in [-0.4, -0.2) is 36.9 Å². The monoisotopic (exact) mass is 431 g/mol. The van der Waals surface area contributed by atoms with E-state index in [0.717, 1.165) is 19.3 Å². The van der Waals surface area contributed by atoms with E-state index in [1.165, 1.54) is 6.07 Å². The standard InChI is InChI=1S/C22H33N5O4/c1-13-15-9-8-14(12-18(15)31-22(30)19(13)26)20(28)17(7-3-5-11-24)27-21(29)16(25)6-2-4-10-23/h8-9,12,16-17H,2-7,10-11,23-26H2,1H3,(H,27,29)/t16-,17-/m0/s1. The molecule has 0 saturated carbocycles. The number of hydrogen-bond donors (Lipinski definition) is 5. The van der Waals surface area contributed by atoms with Gasteiger partial charge in [-0.25, -0.2) is 4.79 Å². The fourth-order valence-corrected chi connectivity index (χ4v) is 3.40. The second-order valence-electron chi connectivity index (χ2n) is 7.74. The lowest BCUT2D eigenvalue weighted by Crippen LogP contribution is -2.48. The maximum absolute atomic E-state index is 13.2. The highest BCUT2D eigenvalue weighted by Crippen LogP contribution is 2.23. The van der Waals surface area contributed by atoms with E-state index in [1.54, 1.807) is 19.1 Å². The first kappa shape index (κ1) is 24.5. The van der Waals surface area contributed by atoms with Crippen molar-refractivity contribution >= 4 is 28.3 Å². The molecule has 0 saturated heterocycles. The van der Waals surface area contributed by atoms with Crippen LogP contribution in [0.5, 0.6) is 0 Å². The topological polar surface area (TPSA) is 180 Å². The molecule has 170 valence electrons. The van der Waals surface area contributed by atoms with Gasteiger partial charge in [-0.1, -0.05) is 18.6 Å². The fraction of sp³-hybridized carbons (Fsp3) is 0.500. The summed E-state index contributed by atoms with van der Waals surface area (Å²) in [5.41, 5.74) is 23.4. The number of anilines is 1. The van der Waals surface area contributed by atoms with E-state index < -0.39 is 17.7 Å². The van der Waals surface area contributed by atoms with E-state index in [-0.39, 0.29) is 23.0 Å². The zero-order valence-corrected chi connectivity index (χ0v) is 18.0. The summed E-state index contributed by atoms with van der Waals surface area (Å²) < 4.78 is 5.25. The Hall–Kier alpha value is -2.75. The minimum Gasteiger partial charge on any atom is -0.421 e. The average Bonchev–Trinajstić information content (AvgIpc) is 2.76. The van der Waals surface area contributed by atoms with Gasteiger partial charge in [-0.3, -0.25) is 9.59 Å². The third kappa shape index (κ3) is 6.36. The Bertz CT molecular complexity index is 972. The third-order valence-corrected chi connectivity index (χ3v) is 5.38. The first-order valence-corrected chi connectivity index (χ1v) is 10.6. The molecule has 0 spiro atoms. The van der Waals surface area contributed by atoms with Crippen LogP contribution in [0.4, 0.5) is 5.69 Å². The molecule has 2 rings (SSSR count). The molecule has 9 N–H and O–H groups in total.